The Morgan fingerprint density at radius 2 is 2.11 bits per heavy atom. The quantitative estimate of drug-likeness (QED) is 0.703. The van der Waals surface area contributed by atoms with Gasteiger partial charge in [-0.2, -0.15) is 0 Å². The second-order valence-electron chi connectivity index (χ2n) is 5.45. The average molecular weight is 352 g/mol. The molecule has 1 aliphatic rings. The lowest BCUT2D eigenvalue weighted by molar-refractivity contribution is 0.311. The minimum atomic E-state index is -1.23. The van der Waals surface area contributed by atoms with Crippen molar-refractivity contribution in [2.75, 3.05) is 11.9 Å². The third-order valence-corrected chi connectivity index (χ3v) is 5.45. The zero-order chi connectivity index (χ0) is 13.5. The average Bonchev–Trinajstić information content (AvgIpc) is 2.40. The van der Waals surface area contributed by atoms with Crippen molar-refractivity contribution in [3.05, 3.63) is 21.6 Å². The molecule has 2 N–H and O–H groups in total. The number of hydrogen-bond donors (Lipinski definition) is 2. The molecule has 0 radical (unpaired) electrons. The summed E-state index contributed by atoms with van der Waals surface area (Å²) < 4.78 is 16.2. The highest BCUT2D eigenvalue weighted by molar-refractivity contribution is 9.10. The van der Waals surface area contributed by atoms with Crippen LogP contribution in [0.25, 0.3) is 0 Å². The van der Waals surface area contributed by atoms with Gasteiger partial charge in [0.2, 0.25) is 0 Å². The monoisotopic (exact) mass is 350 g/mol. The van der Waals surface area contributed by atoms with Crippen LogP contribution in [0.1, 0.15) is 20.8 Å². The summed E-state index contributed by atoms with van der Waals surface area (Å²) in [6.45, 7) is 7.10. The molecule has 0 fully saturated rings. The van der Waals surface area contributed by atoms with Gasteiger partial charge in [0.15, 0.2) is 4.90 Å². The summed E-state index contributed by atoms with van der Waals surface area (Å²) in [5.74, 6) is 0. The molecule has 0 saturated carbocycles. The first-order valence-corrected chi connectivity index (χ1v) is 8.02. The molecule has 2 atom stereocenters. The molecule has 6 heteroatoms. The fourth-order valence-electron chi connectivity index (χ4n) is 1.75. The lowest BCUT2D eigenvalue weighted by Crippen LogP contribution is -2.46. The Labute approximate surface area is 124 Å². The van der Waals surface area contributed by atoms with E-state index in [4.69, 9.17) is 11.6 Å². The molecule has 1 aromatic carbocycles. The standard InChI is InChI=1S/C12H16BrClN2OS/c1-12(2,3)11-6-15-9-5-8(14)7(13)4-10(9)18(17)16-11/h4-5,11,15-16H,6H2,1-3H3/t11-,18?/m0/s1. The third-order valence-electron chi connectivity index (χ3n) is 3.01. The fraction of sp³-hybridized carbons (Fsp3) is 0.500. The van der Waals surface area contributed by atoms with E-state index < -0.39 is 11.4 Å². The zero-order valence-electron chi connectivity index (χ0n) is 10.5. The van der Waals surface area contributed by atoms with Crippen LogP contribution in [0.15, 0.2) is 21.5 Å². The summed E-state index contributed by atoms with van der Waals surface area (Å²) in [5, 5.41) is 3.94. The molecule has 18 heavy (non-hydrogen) atoms. The summed E-state index contributed by atoms with van der Waals surface area (Å²) >= 11 is 8.20. The van der Waals surface area contributed by atoms with Gasteiger partial charge in [-0.25, -0.2) is 0 Å². The van der Waals surface area contributed by atoms with E-state index in [0.29, 0.717) is 5.02 Å². The third kappa shape index (κ3) is 2.96. The molecule has 1 aromatic rings. The van der Waals surface area contributed by atoms with Crippen LogP contribution in [-0.2, 0) is 11.4 Å². The number of hydrogen-bond acceptors (Lipinski definition) is 3. The van der Waals surface area contributed by atoms with E-state index in [2.05, 4.69) is 46.7 Å². The molecule has 0 aromatic heterocycles. The normalized spacial score (nSPS) is 24.1. The van der Waals surface area contributed by atoms with E-state index in [0.717, 1.165) is 21.6 Å². The van der Waals surface area contributed by atoms with Gasteiger partial charge in [-0.3, -0.25) is 0 Å². The Balaban J connectivity index is 2.35. The maximum Gasteiger partial charge on any atom is 0.198 e. The number of halogens is 2. The first kappa shape index (κ1) is 14.5. The Hall–Kier alpha value is 0.0600. The molecule has 0 bridgehead atoms. The Bertz CT molecular complexity index is 464. The molecule has 3 nitrogen and oxygen atoms in total. The molecule has 1 unspecified atom stereocenters. The molecule has 1 heterocycles. The highest BCUT2D eigenvalue weighted by Crippen LogP contribution is 2.34. The number of anilines is 1. The number of nitrogens with one attached hydrogen (secondary N) is 2. The molecule has 100 valence electrons. The maximum atomic E-state index is 12.3. The first-order valence-electron chi connectivity index (χ1n) is 5.70. The Kier molecular flexibility index (Phi) is 4.19. The van der Waals surface area contributed by atoms with Crippen molar-refractivity contribution in [1.29, 1.82) is 0 Å². The van der Waals surface area contributed by atoms with Gasteiger partial charge < -0.3 is 9.87 Å². The largest absolute Gasteiger partial charge is 0.593 e. The van der Waals surface area contributed by atoms with Gasteiger partial charge in [-0.15, -0.1) is 4.72 Å². The SMILES string of the molecule is CC(C)(C)[C@@H]1CNc2cc(Cl)c(Br)cc2[S+]([O-])N1. The van der Waals surface area contributed by atoms with Gasteiger partial charge in [0.1, 0.15) is 0 Å². The van der Waals surface area contributed by atoms with Crippen molar-refractivity contribution in [2.45, 2.75) is 31.7 Å². The topological polar surface area (TPSA) is 47.1 Å². The van der Waals surface area contributed by atoms with Crippen molar-refractivity contribution < 1.29 is 4.55 Å². The predicted octanol–water partition coefficient (Wildman–Crippen LogP) is 3.55. The number of fused-ring (bicyclic) bond motifs is 1. The van der Waals surface area contributed by atoms with Crippen LogP contribution >= 0.6 is 27.5 Å². The van der Waals surface area contributed by atoms with Gasteiger partial charge >= 0.3 is 0 Å². The molecule has 0 amide bonds. The minimum absolute atomic E-state index is 0.0335. The van der Waals surface area contributed by atoms with Crippen molar-refractivity contribution >= 4 is 44.6 Å². The second-order valence-corrected chi connectivity index (χ2v) is 7.92. The lowest BCUT2D eigenvalue weighted by atomic mass is 9.87. The smallest absolute Gasteiger partial charge is 0.198 e. The zero-order valence-corrected chi connectivity index (χ0v) is 13.7. The van der Waals surface area contributed by atoms with E-state index >= 15 is 0 Å². The van der Waals surface area contributed by atoms with Crippen molar-refractivity contribution in [3.63, 3.8) is 0 Å². The molecule has 1 aliphatic heterocycles. The van der Waals surface area contributed by atoms with E-state index in [-0.39, 0.29) is 11.5 Å². The van der Waals surface area contributed by atoms with Gasteiger partial charge in [-0.1, -0.05) is 32.4 Å². The van der Waals surface area contributed by atoms with Crippen LogP contribution in [0.5, 0.6) is 0 Å². The van der Waals surface area contributed by atoms with Crippen LogP contribution in [0, 0.1) is 5.41 Å². The van der Waals surface area contributed by atoms with E-state index in [1.54, 1.807) is 6.07 Å². The van der Waals surface area contributed by atoms with Gasteiger partial charge in [0.05, 0.1) is 28.1 Å². The van der Waals surface area contributed by atoms with Crippen LogP contribution in [0.4, 0.5) is 5.69 Å². The summed E-state index contributed by atoms with van der Waals surface area (Å²) in [5.41, 5.74) is 0.868. The van der Waals surface area contributed by atoms with E-state index in [9.17, 15) is 4.55 Å². The van der Waals surface area contributed by atoms with Crippen molar-refractivity contribution in [1.82, 2.24) is 4.72 Å². The predicted molar refractivity (Wildman–Crippen MR) is 80.4 cm³/mol. The molecular formula is C12H16BrClN2OS. The lowest BCUT2D eigenvalue weighted by Gasteiger charge is -2.29. The summed E-state index contributed by atoms with van der Waals surface area (Å²) in [4.78, 5) is 0.734. The highest BCUT2D eigenvalue weighted by atomic mass is 79.9. The van der Waals surface area contributed by atoms with Crippen LogP contribution in [0.2, 0.25) is 5.02 Å². The van der Waals surface area contributed by atoms with Gasteiger partial charge in [0, 0.05) is 17.1 Å². The highest BCUT2D eigenvalue weighted by Gasteiger charge is 2.33. The summed E-state index contributed by atoms with van der Waals surface area (Å²) in [6, 6.07) is 3.74. The van der Waals surface area contributed by atoms with Crippen LogP contribution < -0.4 is 10.0 Å². The fourth-order valence-corrected chi connectivity index (χ4v) is 3.79. The number of rotatable bonds is 0. The first-order chi connectivity index (χ1) is 8.29. The van der Waals surface area contributed by atoms with Crippen molar-refractivity contribution in [2.24, 2.45) is 5.41 Å². The van der Waals surface area contributed by atoms with E-state index in [1.807, 2.05) is 6.07 Å². The van der Waals surface area contributed by atoms with Crippen LogP contribution in [0.3, 0.4) is 0 Å². The van der Waals surface area contributed by atoms with E-state index in [1.165, 1.54) is 0 Å². The Morgan fingerprint density at radius 3 is 2.72 bits per heavy atom. The molecule has 0 spiro atoms. The number of benzene rings is 1. The van der Waals surface area contributed by atoms with Crippen molar-refractivity contribution in [3.8, 4) is 0 Å². The second kappa shape index (κ2) is 5.21. The van der Waals surface area contributed by atoms with Crippen LogP contribution in [-0.4, -0.2) is 17.1 Å². The summed E-state index contributed by atoms with van der Waals surface area (Å²) in [6.07, 6.45) is 0. The van der Waals surface area contributed by atoms with Gasteiger partial charge in [0.25, 0.3) is 0 Å². The maximum absolute atomic E-state index is 12.3. The molecule has 0 saturated heterocycles. The molecular weight excluding hydrogens is 336 g/mol. The molecule has 0 aliphatic carbocycles. The van der Waals surface area contributed by atoms with Gasteiger partial charge in [-0.05, 0) is 27.4 Å². The Morgan fingerprint density at radius 1 is 1.44 bits per heavy atom. The molecule has 2 rings (SSSR count). The minimum Gasteiger partial charge on any atom is -0.593 e. The summed E-state index contributed by atoms with van der Waals surface area (Å²) in [7, 11) is 0.